The van der Waals surface area contributed by atoms with E-state index in [9.17, 15) is 0 Å². The van der Waals surface area contributed by atoms with Gasteiger partial charge in [-0.05, 0) is 25.5 Å². The number of aromatic amines is 1. The summed E-state index contributed by atoms with van der Waals surface area (Å²) in [6, 6.07) is 6.26. The molecule has 1 heterocycles. The highest BCUT2D eigenvalue weighted by atomic mass is 79.9. The van der Waals surface area contributed by atoms with Gasteiger partial charge in [-0.15, -0.1) is 0 Å². The molecule has 0 aliphatic rings. The Morgan fingerprint density at radius 3 is 2.88 bits per heavy atom. The summed E-state index contributed by atoms with van der Waals surface area (Å²) in [5.41, 5.74) is 10.4. The van der Waals surface area contributed by atoms with Crippen molar-refractivity contribution >= 4 is 21.7 Å². The first-order valence-corrected chi connectivity index (χ1v) is 6.52. The fraction of sp³-hybridized carbons (Fsp3) is 0.308. The number of anilines is 1. The van der Waals surface area contributed by atoms with Crippen LogP contribution < -0.4 is 5.73 Å². The molecular formula is C13H16BrN3. The van der Waals surface area contributed by atoms with Gasteiger partial charge in [0.2, 0.25) is 0 Å². The van der Waals surface area contributed by atoms with Crippen LogP contribution in [0.2, 0.25) is 0 Å². The van der Waals surface area contributed by atoms with Crippen LogP contribution in [0, 0.1) is 6.92 Å². The highest BCUT2D eigenvalue weighted by molar-refractivity contribution is 9.10. The van der Waals surface area contributed by atoms with E-state index in [0.717, 1.165) is 34.1 Å². The number of aryl methyl sites for hydroxylation is 1. The first-order chi connectivity index (χ1) is 8.13. The second-order valence-corrected chi connectivity index (χ2v) is 5.05. The Morgan fingerprint density at radius 2 is 2.18 bits per heavy atom. The van der Waals surface area contributed by atoms with Crippen molar-refractivity contribution in [1.82, 2.24) is 10.2 Å². The third kappa shape index (κ3) is 2.36. The van der Waals surface area contributed by atoms with Gasteiger partial charge in [-0.3, -0.25) is 5.10 Å². The van der Waals surface area contributed by atoms with Crippen LogP contribution in [0.15, 0.2) is 22.7 Å². The van der Waals surface area contributed by atoms with E-state index in [1.807, 2.05) is 0 Å². The average molecular weight is 294 g/mol. The average Bonchev–Trinajstić information content (AvgIpc) is 2.65. The summed E-state index contributed by atoms with van der Waals surface area (Å²) in [5.74, 6) is 0.607. The van der Waals surface area contributed by atoms with Crippen molar-refractivity contribution in [2.24, 2.45) is 0 Å². The molecule has 0 saturated carbocycles. The lowest BCUT2D eigenvalue weighted by Gasteiger charge is -2.06. The number of H-pyrrole nitrogens is 1. The number of rotatable bonds is 3. The molecule has 0 amide bonds. The van der Waals surface area contributed by atoms with Gasteiger partial charge in [0.05, 0.1) is 5.69 Å². The molecule has 0 unspecified atom stereocenters. The summed E-state index contributed by atoms with van der Waals surface area (Å²) in [4.78, 5) is 0. The molecule has 4 heteroatoms. The van der Waals surface area contributed by atoms with Crippen molar-refractivity contribution in [3.8, 4) is 11.3 Å². The molecule has 90 valence electrons. The molecule has 0 atom stereocenters. The molecule has 0 saturated heterocycles. The van der Waals surface area contributed by atoms with Crippen LogP contribution in [0.3, 0.4) is 0 Å². The van der Waals surface area contributed by atoms with Gasteiger partial charge in [-0.2, -0.15) is 5.10 Å². The van der Waals surface area contributed by atoms with Crippen molar-refractivity contribution in [2.45, 2.75) is 26.7 Å². The second-order valence-electron chi connectivity index (χ2n) is 4.20. The van der Waals surface area contributed by atoms with Crippen LogP contribution >= 0.6 is 15.9 Å². The Morgan fingerprint density at radius 1 is 1.41 bits per heavy atom. The van der Waals surface area contributed by atoms with E-state index in [4.69, 9.17) is 5.73 Å². The van der Waals surface area contributed by atoms with Gasteiger partial charge >= 0.3 is 0 Å². The van der Waals surface area contributed by atoms with Gasteiger partial charge in [0.25, 0.3) is 0 Å². The third-order valence-electron chi connectivity index (χ3n) is 2.79. The van der Waals surface area contributed by atoms with Crippen molar-refractivity contribution in [3.05, 3.63) is 33.8 Å². The SMILES string of the molecule is CCCc1c(N)n[nH]c1-c1cc(C)ccc1Br. The van der Waals surface area contributed by atoms with E-state index >= 15 is 0 Å². The fourth-order valence-corrected chi connectivity index (χ4v) is 2.38. The Bertz CT molecular complexity index is 531. The summed E-state index contributed by atoms with van der Waals surface area (Å²) in [6.07, 6.45) is 2.00. The number of halogens is 1. The number of hydrogen-bond acceptors (Lipinski definition) is 2. The molecule has 0 radical (unpaired) electrons. The number of nitrogens with zero attached hydrogens (tertiary/aromatic N) is 1. The fourth-order valence-electron chi connectivity index (χ4n) is 1.94. The lowest BCUT2D eigenvalue weighted by atomic mass is 10.0. The smallest absolute Gasteiger partial charge is 0.149 e. The standard InChI is InChI=1S/C13H16BrN3/c1-3-4-9-12(16-17-13(9)15)10-7-8(2)5-6-11(10)14/h5-7H,3-4H2,1-2H3,(H3,15,16,17). The predicted octanol–water partition coefficient (Wildman–Crippen LogP) is 3.68. The minimum absolute atomic E-state index is 0.607. The quantitative estimate of drug-likeness (QED) is 0.907. The molecule has 3 nitrogen and oxygen atoms in total. The first kappa shape index (κ1) is 12.2. The van der Waals surface area contributed by atoms with Crippen molar-refractivity contribution in [2.75, 3.05) is 5.73 Å². The lowest BCUT2D eigenvalue weighted by molar-refractivity contribution is 0.927. The molecule has 1 aromatic carbocycles. The lowest BCUT2D eigenvalue weighted by Crippen LogP contribution is -1.93. The van der Waals surface area contributed by atoms with Gasteiger partial charge in [0.15, 0.2) is 0 Å². The molecule has 0 bridgehead atoms. The van der Waals surface area contributed by atoms with Crippen molar-refractivity contribution < 1.29 is 0 Å². The third-order valence-corrected chi connectivity index (χ3v) is 3.48. The van der Waals surface area contributed by atoms with E-state index in [-0.39, 0.29) is 0 Å². The van der Waals surface area contributed by atoms with E-state index in [2.05, 4.69) is 58.2 Å². The molecule has 0 fully saturated rings. The first-order valence-electron chi connectivity index (χ1n) is 5.72. The largest absolute Gasteiger partial charge is 0.382 e. The molecule has 1 aromatic heterocycles. The molecule has 0 spiro atoms. The number of aromatic nitrogens is 2. The summed E-state index contributed by atoms with van der Waals surface area (Å²) >= 11 is 3.57. The highest BCUT2D eigenvalue weighted by Crippen LogP contribution is 2.32. The minimum Gasteiger partial charge on any atom is -0.382 e. The zero-order chi connectivity index (χ0) is 12.4. The van der Waals surface area contributed by atoms with Gasteiger partial charge < -0.3 is 5.73 Å². The molecule has 0 aliphatic carbocycles. The molecule has 2 rings (SSSR count). The summed E-state index contributed by atoms with van der Waals surface area (Å²) in [7, 11) is 0. The maximum Gasteiger partial charge on any atom is 0.149 e. The molecular weight excluding hydrogens is 278 g/mol. The Balaban J connectivity index is 2.56. The van der Waals surface area contributed by atoms with Gasteiger partial charge in [-0.25, -0.2) is 0 Å². The summed E-state index contributed by atoms with van der Waals surface area (Å²) in [5, 5.41) is 7.15. The normalized spacial score (nSPS) is 10.8. The Kier molecular flexibility index (Phi) is 3.52. The zero-order valence-electron chi connectivity index (χ0n) is 10.0. The van der Waals surface area contributed by atoms with Crippen molar-refractivity contribution in [1.29, 1.82) is 0 Å². The second kappa shape index (κ2) is 4.92. The molecule has 17 heavy (non-hydrogen) atoms. The number of nitrogen functional groups attached to an aromatic ring is 1. The maximum absolute atomic E-state index is 5.90. The number of nitrogens with one attached hydrogen (secondary N) is 1. The van der Waals surface area contributed by atoms with Gasteiger partial charge in [0.1, 0.15) is 5.82 Å². The number of benzene rings is 1. The van der Waals surface area contributed by atoms with Crippen LogP contribution in [0.1, 0.15) is 24.5 Å². The topological polar surface area (TPSA) is 54.7 Å². The van der Waals surface area contributed by atoms with E-state index < -0.39 is 0 Å². The number of hydrogen-bond donors (Lipinski definition) is 2. The number of nitrogens with two attached hydrogens (primary N) is 1. The predicted molar refractivity (Wildman–Crippen MR) is 74.9 cm³/mol. The van der Waals surface area contributed by atoms with Crippen LogP contribution in [-0.4, -0.2) is 10.2 Å². The van der Waals surface area contributed by atoms with E-state index in [1.165, 1.54) is 5.56 Å². The minimum atomic E-state index is 0.607. The van der Waals surface area contributed by atoms with Gasteiger partial charge in [-0.1, -0.05) is 40.9 Å². The summed E-state index contributed by atoms with van der Waals surface area (Å²) < 4.78 is 1.06. The maximum atomic E-state index is 5.90. The highest BCUT2D eigenvalue weighted by Gasteiger charge is 2.14. The van der Waals surface area contributed by atoms with E-state index in [1.54, 1.807) is 0 Å². The molecule has 0 aliphatic heterocycles. The monoisotopic (exact) mass is 293 g/mol. The summed E-state index contributed by atoms with van der Waals surface area (Å²) in [6.45, 7) is 4.22. The van der Waals surface area contributed by atoms with E-state index in [0.29, 0.717) is 5.82 Å². The van der Waals surface area contributed by atoms with Crippen LogP contribution in [-0.2, 0) is 6.42 Å². The molecule has 3 N–H and O–H groups in total. The molecule has 2 aromatic rings. The Labute approximate surface area is 110 Å². The Hall–Kier alpha value is -1.29. The van der Waals surface area contributed by atoms with Crippen LogP contribution in [0.4, 0.5) is 5.82 Å². The van der Waals surface area contributed by atoms with Crippen LogP contribution in [0.25, 0.3) is 11.3 Å². The zero-order valence-corrected chi connectivity index (χ0v) is 11.6. The van der Waals surface area contributed by atoms with Crippen LogP contribution in [0.5, 0.6) is 0 Å². The van der Waals surface area contributed by atoms with Crippen molar-refractivity contribution in [3.63, 3.8) is 0 Å². The van der Waals surface area contributed by atoms with Gasteiger partial charge in [0, 0.05) is 15.6 Å².